The number of rotatable bonds is 9. The minimum Gasteiger partial charge on any atom is -0.493 e. The highest BCUT2D eigenvalue weighted by molar-refractivity contribution is 5.97. The molecular formula is C28H32N2O4. The minimum absolute atomic E-state index is 0.293. The fraction of sp³-hybridized carbons (Fsp3) is 0.286. The molecule has 0 aliphatic heterocycles. The number of methoxy groups -OCH3 is 1. The molecule has 6 nitrogen and oxygen atoms in total. The number of hydrogen-bond acceptors (Lipinski definition) is 4. The van der Waals surface area contributed by atoms with Crippen molar-refractivity contribution in [2.75, 3.05) is 13.7 Å². The van der Waals surface area contributed by atoms with Gasteiger partial charge in [-0.3, -0.25) is 9.59 Å². The van der Waals surface area contributed by atoms with Crippen LogP contribution < -0.4 is 20.1 Å². The maximum atomic E-state index is 13.1. The van der Waals surface area contributed by atoms with Crippen LogP contribution in [-0.2, 0) is 0 Å². The Kier molecular flexibility index (Phi) is 8.30. The summed E-state index contributed by atoms with van der Waals surface area (Å²) in [7, 11) is 1.58. The summed E-state index contributed by atoms with van der Waals surface area (Å²) in [5, 5.41) is 5.91. The number of carbonyl (C=O) groups is 2. The normalized spacial score (nSPS) is 10.8. The zero-order valence-corrected chi connectivity index (χ0v) is 20.3. The van der Waals surface area contributed by atoms with Gasteiger partial charge in [0, 0.05) is 11.1 Å². The van der Waals surface area contributed by atoms with Crippen molar-refractivity contribution < 1.29 is 19.1 Å². The Hall–Kier alpha value is -3.80. The van der Waals surface area contributed by atoms with Crippen LogP contribution in [0.5, 0.6) is 11.5 Å². The van der Waals surface area contributed by atoms with Gasteiger partial charge in [0.25, 0.3) is 11.8 Å². The molecule has 178 valence electrons. The largest absolute Gasteiger partial charge is 0.493 e. The second kappa shape index (κ2) is 11.4. The molecule has 0 atom stereocenters. The van der Waals surface area contributed by atoms with Gasteiger partial charge in [0.15, 0.2) is 11.5 Å². The van der Waals surface area contributed by atoms with Crippen molar-refractivity contribution in [1.82, 2.24) is 10.6 Å². The Morgan fingerprint density at radius 2 is 1.35 bits per heavy atom. The number of ether oxygens (including phenoxy) is 2. The summed E-state index contributed by atoms with van der Waals surface area (Å²) >= 11 is 0. The van der Waals surface area contributed by atoms with Crippen molar-refractivity contribution in [2.24, 2.45) is 5.92 Å². The SMILES string of the molecule is COc1ccc(C(NC(=O)c2cccc(C)c2)NC(=O)c2cccc(C)c2)cc1OCC(C)C. The van der Waals surface area contributed by atoms with E-state index in [2.05, 4.69) is 24.5 Å². The molecule has 0 unspecified atom stereocenters. The van der Waals surface area contributed by atoms with Crippen LogP contribution in [0.2, 0.25) is 0 Å². The molecule has 3 aromatic carbocycles. The van der Waals surface area contributed by atoms with Gasteiger partial charge in [-0.05, 0) is 61.7 Å². The van der Waals surface area contributed by atoms with Crippen molar-refractivity contribution in [3.05, 3.63) is 94.5 Å². The van der Waals surface area contributed by atoms with Crippen LogP contribution in [0.25, 0.3) is 0 Å². The third kappa shape index (κ3) is 6.61. The van der Waals surface area contributed by atoms with E-state index in [0.29, 0.717) is 40.7 Å². The monoisotopic (exact) mass is 460 g/mol. The second-order valence-corrected chi connectivity index (χ2v) is 8.73. The summed E-state index contributed by atoms with van der Waals surface area (Å²) in [5.41, 5.74) is 3.64. The predicted molar refractivity (Wildman–Crippen MR) is 133 cm³/mol. The lowest BCUT2D eigenvalue weighted by Gasteiger charge is -2.23. The van der Waals surface area contributed by atoms with Gasteiger partial charge >= 0.3 is 0 Å². The Bertz CT molecular complexity index is 1100. The molecule has 0 saturated carbocycles. The maximum absolute atomic E-state index is 13.1. The third-order valence-corrected chi connectivity index (χ3v) is 5.20. The Morgan fingerprint density at radius 1 is 0.794 bits per heavy atom. The van der Waals surface area contributed by atoms with E-state index in [-0.39, 0.29) is 11.8 Å². The molecule has 6 heteroatoms. The highest BCUT2D eigenvalue weighted by atomic mass is 16.5. The average Bonchev–Trinajstić information content (AvgIpc) is 2.82. The highest BCUT2D eigenvalue weighted by Crippen LogP contribution is 2.30. The molecule has 2 N–H and O–H groups in total. The standard InChI is InChI=1S/C28H32N2O4/c1-18(2)17-34-25-16-21(12-13-24(25)33-5)26(29-27(31)22-10-6-8-19(3)14-22)30-28(32)23-11-7-9-20(4)15-23/h6-16,18,26H,17H2,1-5H3,(H,29,31)(H,30,32). The lowest BCUT2D eigenvalue weighted by molar-refractivity contribution is 0.0883. The van der Waals surface area contributed by atoms with Gasteiger partial charge in [0.1, 0.15) is 6.17 Å². The number of carbonyl (C=O) groups excluding carboxylic acids is 2. The molecule has 34 heavy (non-hydrogen) atoms. The van der Waals surface area contributed by atoms with E-state index in [1.807, 2.05) is 38.1 Å². The van der Waals surface area contributed by atoms with Crippen LogP contribution in [0, 0.1) is 19.8 Å². The number of amides is 2. The molecule has 3 aromatic rings. The first-order valence-electron chi connectivity index (χ1n) is 11.3. The van der Waals surface area contributed by atoms with E-state index < -0.39 is 6.17 Å². The summed E-state index contributed by atoms with van der Waals surface area (Å²) in [6.07, 6.45) is -0.784. The van der Waals surface area contributed by atoms with E-state index in [0.717, 1.165) is 11.1 Å². The number of hydrogen-bond donors (Lipinski definition) is 2. The summed E-state index contributed by atoms with van der Waals surface area (Å²) in [6.45, 7) is 8.48. The second-order valence-electron chi connectivity index (χ2n) is 8.73. The summed E-state index contributed by atoms with van der Waals surface area (Å²) in [5.74, 6) is 0.870. The van der Waals surface area contributed by atoms with E-state index >= 15 is 0 Å². The van der Waals surface area contributed by atoms with Gasteiger partial charge in [-0.25, -0.2) is 0 Å². The predicted octanol–water partition coefficient (Wildman–Crippen LogP) is 5.21. The van der Waals surface area contributed by atoms with Gasteiger partial charge in [0.2, 0.25) is 0 Å². The first kappa shape index (κ1) is 24.8. The number of nitrogens with one attached hydrogen (secondary N) is 2. The zero-order valence-electron chi connectivity index (χ0n) is 20.3. The first-order valence-corrected chi connectivity index (χ1v) is 11.3. The van der Waals surface area contributed by atoms with Crippen LogP contribution in [-0.4, -0.2) is 25.5 Å². The molecule has 0 aromatic heterocycles. The van der Waals surface area contributed by atoms with Crippen molar-refractivity contribution in [3.63, 3.8) is 0 Å². The molecular weight excluding hydrogens is 428 g/mol. The van der Waals surface area contributed by atoms with Gasteiger partial charge in [-0.2, -0.15) is 0 Å². The van der Waals surface area contributed by atoms with Crippen molar-refractivity contribution >= 4 is 11.8 Å². The Balaban J connectivity index is 1.94. The molecule has 2 amide bonds. The summed E-state index contributed by atoms with van der Waals surface area (Å²) in [6, 6.07) is 20.0. The zero-order chi connectivity index (χ0) is 24.7. The van der Waals surface area contributed by atoms with Crippen LogP contribution in [0.4, 0.5) is 0 Å². The minimum atomic E-state index is -0.784. The van der Waals surface area contributed by atoms with Crippen molar-refractivity contribution in [3.8, 4) is 11.5 Å². The van der Waals surface area contributed by atoms with E-state index in [4.69, 9.17) is 9.47 Å². The number of benzene rings is 3. The summed E-state index contributed by atoms with van der Waals surface area (Å²) < 4.78 is 11.4. The van der Waals surface area contributed by atoms with Gasteiger partial charge in [-0.15, -0.1) is 0 Å². The smallest absolute Gasteiger partial charge is 0.253 e. The fourth-order valence-electron chi connectivity index (χ4n) is 3.45. The number of aryl methyl sites for hydroxylation is 2. The molecule has 0 bridgehead atoms. The van der Waals surface area contributed by atoms with E-state index in [1.165, 1.54) is 0 Å². The maximum Gasteiger partial charge on any atom is 0.253 e. The topological polar surface area (TPSA) is 76.7 Å². The summed E-state index contributed by atoms with van der Waals surface area (Å²) in [4.78, 5) is 26.1. The lowest BCUT2D eigenvalue weighted by Crippen LogP contribution is -2.41. The molecule has 0 aliphatic rings. The first-order chi connectivity index (χ1) is 16.3. The van der Waals surface area contributed by atoms with E-state index in [9.17, 15) is 9.59 Å². The lowest BCUT2D eigenvalue weighted by atomic mass is 10.1. The molecule has 0 aliphatic carbocycles. The van der Waals surface area contributed by atoms with Crippen LogP contribution in [0.1, 0.15) is 57.4 Å². The van der Waals surface area contributed by atoms with Crippen molar-refractivity contribution in [2.45, 2.75) is 33.9 Å². The Morgan fingerprint density at radius 3 is 1.82 bits per heavy atom. The van der Waals surface area contributed by atoms with Crippen LogP contribution in [0.3, 0.4) is 0 Å². The molecule has 3 rings (SSSR count). The molecule has 0 radical (unpaired) electrons. The molecule has 0 fully saturated rings. The molecule has 0 spiro atoms. The average molecular weight is 461 g/mol. The van der Waals surface area contributed by atoms with Crippen LogP contribution in [0.15, 0.2) is 66.7 Å². The van der Waals surface area contributed by atoms with Crippen molar-refractivity contribution in [1.29, 1.82) is 0 Å². The molecule has 0 saturated heterocycles. The fourth-order valence-corrected chi connectivity index (χ4v) is 3.45. The van der Waals surface area contributed by atoms with E-state index in [1.54, 1.807) is 49.6 Å². The van der Waals surface area contributed by atoms with Gasteiger partial charge in [-0.1, -0.05) is 55.3 Å². The third-order valence-electron chi connectivity index (χ3n) is 5.20. The highest BCUT2D eigenvalue weighted by Gasteiger charge is 2.21. The quantitative estimate of drug-likeness (QED) is 0.430. The molecule has 0 heterocycles. The Labute approximate surface area is 201 Å². The van der Waals surface area contributed by atoms with Gasteiger partial charge in [0.05, 0.1) is 13.7 Å². The van der Waals surface area contributed by atoms with Crippen LogP contribution >= 0.6 is 0 Å². The van der Waals surface area contributed by atoms with Gasteiger partial charge < -0.3 is 20.1 Å².